The lowest BCUT2D eigenvalue weighted by atomic mass is 9.89. The van der Waals surface area contributed by atoms with Crippen LogP contribution in [0.2, 0.25) is 0 Å². The van der Waals surface area contributed by atoms with Gasteiger partial charge in [-0.05, 0) is 44.2 Å². The van der Waals surface area contributed by atoms with Gasteiger partial charge in [0.05, 0.1) is 22.7 Å². The van der Waals surface area contributed by atoms with Gasteiger partial charge in [0.15, 0.2) is 5.78 Å². The van der Waals surface area contributed by atoms with Crippen molar-refractivity contribution in [3.8, 4) is 5.75 Å². The Morgan fingerprint density at radius 2 is 2.15 bits per heavy atom. The summed E-state index contributed by atoms with van der Waals surface area (Å²) in [6.45, 7) is 3.52. The molecule has 1 aliphatic rings. The molecule has 1 saturated carbocycles. The fourth-order valence-corrected chi connectivity index (χ4v) is 2.71. The number of nitro groups is 1. The van der Waals surface area contributed by atoms with Gasteiger partial charge >= 0.3 is 0 Å². The highest BCUT2D eigenvalue weighted by atomic mass is 16.6. The Bertz CT molecular complexity index is 527. The van der Waals surface area contributed by atoms with Crippen LogP contribution in [-0.2, 0) is 0 Å². The summed E-state index contributed by atoms with van der Waals surface area (Å²) in [6.07, 6.45) is 4.40. The standard InChI is InChI=1S/C15H19NO4/c1-10-4-3-5-12(8-10)20-13-6-7-14(11(2)17)15(9-13)16(18)19/h6-7,9-10,12H,3-5,8H2,1-2H3. The van der Waals surface area contributed by atoms with Crippen molar-refractivity contribution >= 4 is 11.5 Å². The second-order valence-corrected chi connectivity index (χ2v) is 5.50. The first kappa shape index (κ1) is 14.5. The number of carbonyl (C=O) groups excluding carboxylic acids is 1. The molecule has 5 nitrogen and oxygen atoms in total. The number of nitrogens with zero attached hydrogens (tertiary/aromatic N) is 1. The fraction of sp³-hybridized carbons (Fsp3) is 0.533. The smallest absolute Gasteiger partial charge is 0.283 e. The Morgan fingerprint density at radius 1 is 1.40 bits per heavy atom. The maximum absolute atomic E-state index is 11.4. The molecule has 0 aliphatic heterocycles. The van der Waals surface area contributed by atoms with Gasteiger partial charge in [-0.15, -0.1) is 0 Å². The summed E-state index contributed by atoms with van der Waals surface area (Å²) < 4.78 is 5.84. The van der Waals surface area contributed by atoms with E-state index in [1.165, 1.54) is 25.5 Å². The molecule has 0 heterocycles. The zero-order valence-electron chi connectivity index (χ0n) is 11.8. The number of rotatable bonds is 4. The normalized spacial score (nSPS) is 22.3. The van der Waals surface area contributed by atoms with E-state index in [-0.39, 0.29) is 23.1 Å². The van der Waals surface area contributed by atoms with Crippen LogP contribution >= 0.6 is 0 Å². The van der Waals surface area contributed by atoms with Crippen LogP contribution in [-0.4, -0.2) is 16.8 Å². The third kappa shape index (κ3) is 3.35. The minimum absolute atomic E-state index is 0.113. The zero-order chi connectivity index (χ0) is 14.7. The van der Waals surface area contributed by atoms with E-state index in [0.717, 1.165) is 19.3 Å². The Balaban J connectivity index is 2.18. The number of benzene rings is 1. The monoisotopic (exact) mass is 277 g/mol. The summed E-state index contributed by atoms with van der Waals surface area (Å²) in [5.74, 6) is 0.788. The van der Waals surface area contributed by atoms with E-state index in [2.05, 4.69) is 6.92 Å². The molecule has 2 unspecified atom stereocenters. The number of carbonyl (C=O) groups is 1. The maximum Gasteiger partial charge on any atom is 0.283 e. The van der Waals surface area contributed by atoms with Crippen LogP contribution in [0.25, 0.3) is 0 Å². The topological polar surface area (TPSA) is 69.4 Å². The molecule has 1 aliphatic carbocycles. The van der Waals surface area contributed by atoms with Crippen LogP contribution in [0.1, 0.15) is 49.9 Å². The first-order valence-corrected chi connectivity index (χ1v) is 6.93. The van der Waals surface area contributed by atoms with E-state index in [0.29, 0.717) is 11.7 Å². The molecule has 0 spiro atoms. The Kier molecular flexibility index (Phi) is 4.37. The molecular weight excluding hydrogens is 258 g/mol. The molecule has 2 atom stereocenters. The quantitative estimate of drug-likeness (QED) is 0.477. The molecule has 0 amide bonds. The van der Waals surface area contributed by atoms with Crippen LogP contribution in [0, 0.1) is 16.0 Å². The second-order valence-electron chi connectivity index (χ2n) is 5.50. The van der Waals surface area contributed by atoms with Gasteiger partial charge in [-0.2, -0.15) is 0 Å². The lowest BCUT2D eigenvalue weighted by Gasteiger charge is -2.27. The third-order valence-electron chi connectivity index (χ3n) is 3.74. The number of ketones is 1. The SMILES string of the molecule is CC(=O)c1ccc(OC2CCCC(C)C2)cc1[N+](=O)[O-]. The van der Waals surface area contributed by atoms with Gasteiger partial charge in [0.25, 0.3) is 5.69 Å². The summed E-state index contributed by atoms with van der Waals surface area (Å²) >= 11 is 0. The number of ether oxygens (including phenoxy) is 1. The van der Waals surface area contributed by atoms with Gasteiger partial charge in [-0.3, -0.25) is 14.9 Å². The first-order valence-electron chi connectivity index (χ1n) is 6.93. The summed E-state index contributed by atoms with van der Waals surface area (Å²) in [6, 6.07) is 4.47. The van der Waals surface area contributed by atoms with Crippen LogP contribution < -0.4 is 4.74 Å². The van der Waals surface area contributed by atoms with Crippen LogP contribution in [0.3, 0.4) is 0 Å². The maximum atomic E-state index is 11.4. The third-order valence-corrected chi connectivity index (χ3v) is 3.74. The van der Waals surface area contributed by atoms with Gasteiger partial charge in [-0.1, -0.05) is 13.3 Å². The molecule has 108 valence electrons. The number of nitro benzene ring substituents is 1. The van der Waals surface area contributed by atoms with Crippen molar-refractivity contribution in [1.29, 1.82) is 0 Å². The Labute approximate surface area is 118 Å². The fourth-order valence-electron chi connectivity index (χ4n) is 2.71. The molecule has 0 saturated heterocycles. The molecule has 2 rings (SSSR count). The number of hydrogen-bond donors (Lipinski definition) is 0. The van der Waals surface area contributed by atoms with Gasteiger partial charge < -0.3 is 4.74 Å². The Morgan fingerprint density at radius 3 is 2.75 bits per heavy atom. The first-order chi connectivity index (χ1) is 9.47. The minimum Gasteiger partial charge on any atom is -0.490 e. The molecule has 1 fully saturated rings. The molecule has 0 bridgehead atoms. The summed E-state index contributed by atoms with van der Waals surface area (Å²) in [5, 5.41) is 11.0. The molecule has 0 radical (unpaired) electrons. The molecule has 0 N–H and O–H groups in total. The van der Waals surface area contributed by atoms with Gasteiger partial charge in [0, 0.05) is 0 Å². The molecule has 1 aromatic rings. The summed E-state index contributed by atoms with van der Waals surface area (Å²) in [4.78, 5) is 21.9. The lowest BCUT2D eigenvalue weighted by Crippen LogP contribution is -2.24. The number of hydrogen-bond acceptors (Lipinski definition) is 4. The van der Waals surface area contributed by atoms with E-state index in [9.17, 15) is 14.9 Å². The van der Waals surface area contributed by atoms with Crippen molar-refractivity contribution in [2.75, 3.05) is 0 Å². The molecular formula is C15H19NO4. The highest BCUT2D eigenvalue weighted by Crippen LogP contribution is 2.30. The highest BCUT2D eigenvalue weighted by Gasteiger charge is 2.23. The molecule has 20 heavy (non-hydrogen) atoms. The number of Topliss-reactive ketones (excluding diaryl/α,β-unsaturated/α-hetero) is 1. The second kappa shape index (κ2) is 6.03. The van der Waals surface area contributed by atoms with E-state index in [1.807, 2.05) is 0 Å². The van der Waals surface area contributed by atoms with E-state index in [4.69, 9.17) is 4.74 Å². The van der Waals surface area contributed by atoms with E-state index in [1.54, 1.807) is 6.07 Å². The van der Waals surface area contributed by atoms with Crippen molar-refractivity contribution in [3.63, 3.8) is 0 Å². The molecule has 0 aromatic heterocycles. The van der Waals surface area contributed by atoms with E-state index >= 15 is 0 Å². The predicted molar refractivity (Wildman–Crippen MR) is 75.1 cm³/mol. The predicted octanol–water partition coefficient (Wildman–Crippen LogP) is 3.75. The van der Waals surface area contributed by atoms with Crippen molar-refractivity contribution < 1.29 is 14.5 Å². The summed E-state index contributed by atoms with van der Waals surface area (Å²) in [5.41, 5.74) is -0.0572. The van der Waals surface area contributed by atoms with Gasteiger partial charge in [0.2, 0.25) is 0 Å². The van der Waals surface area contributed by atoms with E-state index < -0.39 is 4.92 Å². The lowest BCUT2D eigenvalue weighted by molar-refractivity contribution is -0.385. The van der Waals surface area contributed by atoms with Crippen LogP contribution in [0.15, 0.2) is 18.2 Å². The van der Waals surface area contributed by atoms with Crippen molar-refractivity contribution in [2.45, 2.75) is 45.6 Å². The molecule has 5 heteroatoms. The molecule has 1 aromatic carbocycles. The van der Waals surface area contributed by atoms with Crippen LogP contribution in [0.5, 0.6) is 5.75 Å². The Hall–Kier alpha value is -1.91. The van der Waals surface area contributed by atoms with Crippen molar-refractivity contribution in [3.05, 3.63) is 33.9 Å². The van der Waals surface area contributed by atoms with Crippen LogP contribution in [0.4, 0.5) is 5.69 Å². The largest absolute Gasteiger partial charge is 0.490 e. The summed E-state index contributed by atoms with van der Waals surface area (Å²) in [7, 11) is 0. The zero-order valence-corrected chi connectivity index (χ0v) is 11.8. The average Bonchev–Trinajstić information content (AvgIpc) is 2.38. The highest BCUT2D eigenvalue weighted by molar-refractivity contribution is 5.98. The minimum atomic E-state index is -0.535. The van der Waals surface area contributed by atoms with Crippen molar-refractivity contribution in [1.82, 2.24) is 0 Å². The van der Waals surface area contributed by atoms with Crippen molar-refractivity contribution in [2.24, 2.45) is 5.92 Å². The van der Waals surface area contributed by atoms with Gasteiger partial charge in [-0.25, -0.2) is 0 Å². The van der Waals surface area contributed by atoms with Gasteiger partial charge in [0.1, 0.15) is 5.75 Å². The average molecular weight is 277 g/mol.